The van der Waals surface area contributed by atoms with Crippen molar-refractivity contribution in [3.05, 3.63) is 54.9 Å². The van der Waals surface area contributed by atoms with Gasteiger partial charge < -0.3 is 16.2 Å². The maximum absolute atomic E-state index is 7.33. The Morgan fingerprint density at radius 1 is 1.25 bits per heavy atom. The lowest BCUT2D eigenvalue weighted by Gasteiger charge is -2.10. The highest BCUT2D eigenvalue weighted by atomic mass is 16.2. The van der Waals surface area contributed by atoms with Gasteiger partial charge in [0.25, 0.3) is 0 Å². The predicted octanol–water partition coefficient (Wildman–Crippen LogP) is 4.38. The van der Waals surface area contributed by atoms with Crippen molar-refractivity contribution >= 4 is 5.69 Å². The van der Waals surface area contributed by atoms with Gasteiger partial charge in [-0.25, -0.2) is 0 Å². The lowest BCUT2D eigenvalue weighted by atomic mass is 10.1. The molecule has 3 heteroatoms. The molecule has 4 N–H and O–H groups in total. The van der Waals surface area contributed by atoms with Gasteiger partial charge in [-0.05, 0) is 49.9 Å². The quantitative estimate of drug-likeness (QED) is 0.488. The molecule has 0 bridgehead atoms. The van der Waals surface area contributed by atoms with Gasteiger partial charge >= 0.3 is 0 Å². The Morgan fingerprint density at radius 2 is 1.85 bits per heavy atom. The molecule has 0 spiro atoms. The van der Waals surface area contributed by atoms with Crippen molar-refractivity contribution in [1.82, 2.24) is 0 Å². The van der Waals surface area contributed by atoms with E-state index in [1.807, 2.05) is 0 Å². The molecule has 0 radical (unpaired) electrons. The van der Waals surface area contributed by atoms with E-state index < -0.39 is 0 Å². The molecule has 0 unspecified atom stereocenters. The van der Waals surface area contributed by atoms with Crippen LogP contribution in [0.1, 0.15) is 38.2 Å². The summed E-state index contributed by atoms with van der Waals surface area (Å²) in [5.41, 5.74) is 9.04. The molecule has 0 atom stereocenters. The molecule has 0 saturated carbocycles. The normalized spacial score (nSPS) is 9.30. The number of aryl methyl sites for hydroxylation is 1. The zero-order valence-electron chi connectivity index (χ0n) is 12.6. The first-order chi connectivity index (χ1) is 9.67. The largest absolute Gasteiger partial charge is 0.516 e. The molecule has 1 rings (SSSR count). The summed E-state index contributed by atoms with van der Waals surface area (Å²) in [6.45, 7) is 9.92. The summed E-state index contributed by atoms with van der Waals surface area (Å²) < 4.78 is 0. The van der Waals surface area contributed by atoms with Crippen molar-refractivity contribution in [3.63, 3.8) is 0 Å². The Kier molecular flexibility index (Phi) is 11.2. The second kappa shape index (κ2) is 12.3. The maximum Gasteiger partial charge on any atom is 0.0719 e. The summed E-state index contributed by atoms with van der Waals surface area (Å²) in [6.07, 6.45) is 6.32. The van der Waals surface area contributed by atoms with Gasteiger partial charge in [0.2, 0.25) is 0 Å². The standard InChI is InChI=1S/C15H24N2.C2H4O/c1-3-14-8-10-15(11-9-14)17-13(2)7-5-4-6-12-16;1-2-3/h8-11,17H,2-7,12,16H2,1H3;2-3H,1H2. The molecule has 0 saturated heterocycles. The number of allylic oxidation sites excluding steroid dienone is 1. The van der Waals surface area contributed by atoms with Gasteiger partial charge in [-0.15, -0.1) is 0 Å². The number of hydrogen-bond acceptors (Lipinski definition) is 3. The highest BCUT2D eigenvalue weighted by Crippen LogP contribution is 2.14. The number of rotatable bonds is 8. The van der Waals surface area contributed by atoms with E-state index in [0.717, 1.165) is 49.9 Å². The summed E-state index contributed by atoms with van der Waals surface area (Å²) in [4.78, 5) is 0. The number of aliphatic hydroxyl groups is 1. The van der Waals surface area contributed by atoms with E-state index in [9.17, 15) is 0 Å². The topological polar surface area (TPSA) is 58.3 Å². The Bertz CT molecular complexity index is 371. The van der Waals surface area contributed by atoms with Gasteiger partial charge in [-0.1, -0.05) is 38.6 Å². The molecule has 1 aromatic carbocycles. The van der Waals surface area contributed by atoms with E-state index in [1.54, 1.807) is 0 Å². The number of hydrogen-bond donors (Lipinski definition) is 3. The van der Waals surface area contributed by atoms with E-state index in [1.165, 1.54) is 12.0 Å². The van der Waals surface area contributed by atoms with Crippen molar-refractivity contribution < 1.29 is 5.11 Å². The van der Waals surface area contributed by atoms with Gasteiger partial charge in [0.1, 0.15) is 0 Å². The third kappa shape index (κ3) is 9.22. The van der Waals surface area contributed by atoms with Gasteiger partial charge in [0.05, 0.1) is 6.26 Å². The molecule has 0 heterocycles. The molecule has 112 valence electrons. The summed E-state index contributed by atoms with van der Waals surface area (Å²) in [7, 11) is 0. The van der Waals surface area contributed by atoms with Crippen LogP contribution in [0.4, 0.5) is 5.69 Å². The van der Waals surface area contributed by atoms with Crippen LogP contribution < -0.4 is 11.1 Å². The number of nitrogens with one attached hydrogen (secondary N) is 1. The van der Waals surface area contributed by atoms with Gasteiger partial charge in [0.15, 0.2) is 0 Å². The first-order valence-electron chi connectivity index (χ1n) is 7.16. The Hall–Kier alpha value is -1.74. The Morgan fingerprint density at radius 3 is 2.35 bits per heavy atom. The first-order valence-corrected chi connectivity index (χ1v) is 7.16. The van der Waals surface area contributed by atoms with Gasteiger partial charge in [-0.3, -0.25) is 0 Å². The fourth-order valence-corrected chi connectivity index (χ4v) is 1.75. The molecular formula is C17H28N2O. The summed E-state index contributed by atoms with van der Waals surface area (Å²) >= 11 is 0. The Balaban J connectivity index is 0.00000110. The fourth-order valence-electron chi connectivity index (χ4n) is 1.75. The fraction of sp³-hybridized carbons (Fsp3) is 0.412. The zero-order chi connectivity index (χ0) is 15.2. The van der Waals surface area contributed by atoms with E-state index in [2.05, 4.69) is 49.7 Å². The van der Waals surface area contributed by atoms with E-state index >= 15 is 0 Å². The third-order valence-electron chi connectivity index (χ3n) is 2.87. The lowest BCUT2D eigenvalue weighted by molar-refractivity contribution is 0.476. The first kappa shape index (κ1) is 18.3. The predicted molar refractivity (Wildman–Crippen MR) is 88.9 cm³/mol. The number of unbranched alkanes of at least 4 members (excludes halogenated alkanes) is 2. The lowest BCUT2D eigenvalue weighted by Crippen LogP contribution is -2.00. The molecule has 0 aliphatic heterocycles. The van der Waals surface area contributed by atoms with Crippen LogP contribution in [0, 0.1) is 0 Å². The molecule has 0 amide bonds. The SMILES string of the molecule is C=C(CCCCCN)Nc1ccc(CC)cc1.C=CO. The third-order valence-corrected chi connectivity index (χ3v) is 2.87. The molecule has 1 aromatic rings. The molecule has 0 aliphatic carbocycles. The molecule has 0 fully saturated rings. The van der Waals surface area contributed by atoms with Crippen molar-refractivity contribution in [2.75, 3.05) is 11.9 Å². The number of anilines is 1. The van der Waals surface area contributed by atoms with Gasteiger partial charge in [0, 0.05) is 11.4 Å². The summed E-state index contributed by atoms with van der Waals surface area (Å²) in [5.74, 6) is 0. The summed E-state index contributed by atoms with van der Waals surface area (Å²) in [5, 5.41) is 10.7. The molecule has 3 nitrogen and oxygen atoms in total. The van der Waals surface area contributed by atoms with E-state index in [0.29, 0.717) is 0 Å². The van der Waals surface area contributed by atoms with Crippen LogP contribution in [-0.2, 0) is 6.42 Å². The van der Waals surface area contributed by atoms with Crippen molar-refractivity contribution in [3.8, 4) is 0 Å². The Labute approximate surface area is 123 Å². The minimum atomic E-state index is 0.750. The number of nitrogens with two attached hydrogens (primary N) is 1. The highest BCUT2D eigenvalue weighted by Gasteiger charge is 1.96. The van der Waals surface area contributed by atoms with Crippen molar-refractivity contribution in [1.29, 1.82) is 0 Å². The van der Waals surface area contributed by atoms with Crippen molar-refractivity contribution in [2.45, 2.75) is 39.0 Å². The minimum absolute atomic E-state index is 0.750. The second-order valence-electron chi connectivity index (χ2n) is 4.56. The van der Waals surface area contributed by atoms with Crippen LogP contribution in [0.25, 0.3) is 0 Å². The number of aliphatic hydroxyl groups excluding tert-OH is 1. The van der Waals surface area contributed by atoms with E-state index in [4.69, 9.17) is 10.8 Å². The second-order valence-corrected chi connectivity index (χ2v) is 4.56. The number of benzene rings is 1. The molecule has 0 aliphatic rings. The zero-order valence-corrected chi connectivity index (χ0v) is 12.6. The smallest absolute Gasteiger partial charge is 0.0719 e. The van der Waals surface area contributed by atoms with Crippen molar-refractivity contribution in [2.24, 2.45) is 5.73 Å². The van der Waals surface area contributed by atoms with Crippen LogP contribution >= 0.6 is 0 Å². The van der Waals surface area contributed by atoms with Crippen LogP contribution in [0.15, 0.2) is 49.4 Å². The van der Waals surface area contributed by atoms with E-state index in [-0.39, 0.29) is 0 Å². The van der Waals surface area contributed by atoms with Crippen LogP contribution in [0.5, 0.6) is 0 Å². The molecule has 0 aromatic heterocycles. The van der Waals surface area contributed by atoms with Gasteiger partial charge in [-0.2, -0.15) is 0 Å². The average molecular weight is 276 g/mol. The molecule has 20 heavy (non-hydrogen) atoms. The minimum Gasteiger partial charge on any atom is -0.516 e. The van der Waals surface area contributed by atoms with Crippen LogP contribution in [0.2, 0.25) is 0 Å². The highest BCUT2D eigenvalue weighted by molar-refractivity contribution is 5.48. The van der Waals surface area contributed by atoms with Crippen LogP contribution in [-0.4, -0.2) is 11.7 Å². The maximum atomic E-state index is 7.33. The summed E-state index contributed by atoms with van der Waals surface area (Å²) in [6, 6.07) is 8.54. The monoisotopic (exact) mass is 276 g/mol. The molecular weight excluding hydrogens is 248 g/mol. The average Bonchev–Trinajstić information content (AvgIpc) is 2.45. The van der Waals surface area contributed by atoms with Crippen LogP contribution in [0.3, 0.4) is 0 Å².